The minimum Gasteiger partial charge on any atom is -0.385 e. The molecule has 0 saturated heterocycles. The third-order valence-corrected chi connectivity index (χ3v) is 3.59. The molecule has 0 atom stereocenters. The number of rotatable bonds is 6. The van der Waals surface area contributed by atoms with Gasteiger partial charge in [-0.1, -0.05) is 26.0 Å². The summed E-state index contributed by atoms with van der Waals surface area (Å²) in [6.45, 7) is 9.18. The van der Waals surface area contributed by atoms with E-state index in [9.17, 15) is 0 Å². The van der Waals surface area contributed by atoms with Crippen molar-refractivity contribution >= 4 is 5.69 Å². The molecule has 0 radical (unpaired) electrons. The zero-order chi connectivity index (χ0) is 12.8. The number of fused-ring (bicyclic) bond motifs is 1. The predicted octanol–water partition coefficient (Wildman–Crippen LogP) is 3.67. The SMILES string of the molecule is CCCN(CCC)Cc1ccc2c(c1)CCCN2. The lowest BCUT2D eigenvalue weighted by Gasteiger charge is -2.23. The summed E-state index contributed by atoms with van der Waals surface area (Å²) in [6, 6.07) is 6.95. The molecule has 0 saturated carbocycles. The number of aryl methyl sites for hydroxylation is 1. The van der Waals surface area contributed by atoms with Gasteiger partial charge in [-0.15, -0.1) is 0 Å². The Balaban J connectivity index is 2.03. The van der Waals surface area contributed by atoms with Crippen molar-refractivity contribution in [1.82, 2.24) is 4.90 Å². The maximum atomic E-state index is 3.48. The molecule has 0 aliphatic carbocycles. The van der Waals surface area contributed by atoms with Crippen LogP contribution in [-0.2, 0) is 13.0 Å². The Morgan fingerprint density at radius 1 is 1.17 bits per heavy atom. The quantitative estimate of drug-likeness (QED) is 0.824. The fraction of sp³-hybridized carbons (Fsp3) is 0.625. The van der Waals surface area contributed by atoms with E-state index in [1.165, 1.54) is 55.6 Å². The smallest absolute Gasteiger partial charge is 0.0372 e. The van der Waals surface area contributed by atoms with Crippen LogP contribution < -0.4 is 5.32 Å². The molecule has 0 aromatic heterocycles. The first-order valence-electron chi connectivity index (χ1n) is 7.41. The van der Waals surface area contributed by atoms with E-state index in [2.05, 4.69) is 42.3 Å². The van der Waals surface area contributed by atoms with Crippen molar-refractivity contribution in [2.75, 3.05) is 25.0 Å². The van der Waals surface area contributed by atoms with Crippen molar-refractivity contribution in [3.05, 3.63) is 29.3 Å². The number of hydrogen-bond donors (Lipinski definition) is 1. The zero-order valence-electron chi connectivity index (χ0n) is 11.8. The Morgan fingerprint density at radius 3 is 2.67 bits per heavy atom. The molecule has 0 fully saturated rings. The second-order valence-corrected chi connectivity index (χ2v) is 5.30. The zero-order valence-corrected chi connectivity index (χ0v) is 11.8. The number of nitrogens with one attached hydrogen (secondary N) is 1. The summed E-state index contributed by atoms with van der Waals surface area (Å²) < 4.78 is 0. The molecule has 0 spiro atoms. The third-order valence-electron chi connectivity index (χ3n) is 3.59. The lowest BCUT2D eigenvalue weighted by molar-refractivity contribution is 0.266. The number of nitrogens with zero attached hydrogens (tertiary/aromatic N) is 1. The van der Waals surface area contributed by atoms with Crippen LogP contribution in [0.15, 0.2) is 18.2 Å². The molecule has 1 N–H and O–H groups in total. The maximum absolute atomic E-state index is 3.48. The molecule has 1 aromatic rings. The molecule has 0 unspecified atom stereocenters. The number of benzene rings is 1. The maximum Gasteiger partial charge on any atom is 0.0372 e. The second kappa shape index (κ2) is 6.79. The highest BCUT2D eigenvalue weighted by atomic mass is 15.1. The largest absolute Gasteiger partial charge is 0.385 e. The summed E-state index contributed by atoms with van der Waals surface area (Å²) in [5.41, 5.74) is 4.33. The van der Waals surface area contributed by atoms with Gasteiger partial charge in [-0.25, -0.2) is 0 Å². The molecular formula is C16H26N2. The van der Waals surface area contributed by atoms with Crippen molar-refractivity contribution < 1.29 is 0 Å². The Bertz CT molecular complexity index is 367. The van der Waals surface area contributed by atoms with E-state index in [1.54, 1.807) is 0 Å². The highest BCUT2D eigenvalue weighted by Gasteiger charge is 2.10. The number of anilines is 1. The van der Waals surface area contributed by atoms with Gasteiger partial charge in [-0.05, 0) is 56.0 Å². The van der Waals surface area contributed by atoms with E-state index in [4.69, 9.17) is 0 Å². The first kappa shape index (κ1) is 13.4. The van der Waals surface area contributed by atoms with Crippen LogP contribution in [0.5, 0.6) is 0 Å². The van der Waals surface area contributed by atoms with Gasteiger partial charge < -0.3 is 5.32 Å². The molecule has 18 heavy (non-hydrogen) atoms. The third kappa shape index (κ3) is 3.49. The van der Waals surface area contributed by atoms with Gasteiger partial charge in [0.05, 0.1) is 0 Å². The fourth-order valence-electron chi connectivity index (χ4n) is 2.79. The minimum atomic E-state index is 1.11. The summed E-state index contributed by atoms with van der Waals surface area (Å²) in [6.07, 6.45) is 4.99. The van der Waals surface area contributed by atoms with E-state index < -0.39 is 0 Å². The molecule has 0 bridgehead atoms. The molecule has 1 aliphatic rings. The van der Waals surface area contributed by atoms with Crippen LogP contribution in [0.4, 0.5) is 5.69 Å². The van der Waals surface area contributed by atoms with E-state index in [-0.39, 0.29) is 0 Å². The molecule has 2 heteroatoms. The lowest BCUT2D eigenvalue weighted by atomic mass is 10.0. The summed E-state index contributed by atoms with van der Waals surface area (Å²) in [4.78, 5) is 2.57. The van der Waals surface area contributed by atoms with E-state index >= 15 is 0 Å². The molecule has 2 rings (SSSR count). The fourth-order valence-corrected chi connectivity index (χ4v) is 2.79. The highest BCUT2D eigenvalue weighted by Crippen LogP contribution is 2.23. The topological polar surface area (TPSA) is 15.3 Å². The predicted molar refractivity (Wildman–Crippen MR) is 79.1 cm³/mol. The van der Waals surface area contributed by atoms with Crippen LogP contribution in [0.3, 0.4) is 0 Å². The summed E-state index contributed by atoms with van der Waals surface area (Å²) in [5, 5.41) is 3.48. The van der Waals surface area contributed by atoms with Crippen molar-refractivity contribution in [3.63, 3.8) is 0 Å². The van der Waals surface area contributed by atoms with Crippen LogP contribution in [-0.4, -0.2) is 24.5 Å². The van der Waals surface area contributed by atoms with Gasteiger partial charge in [-0.3, -0.25) is 4.90 Å². The van der Waals surface area contributed by atoms with E-state index in [0.29, 0.717) is 0 Å². The van der Waals surface area contributed by atoms with Crippen LogP contribution >= 0.6 is 0 Å². The molecule has 100 valence electrons. The van der Waals surface area contributed by atoms with Gasteiger partial charge in [0.1, 0.15) is 0 Å². The first-order valence-corrected chi connectivity index (χ1v) is 7.41. The normalized spacial score (nSPS) is 14.4. The second-order valence-electron chi connectivity index (χ2n) is 5.30. The lowest BCUT2D eigenvalue weighted by Crippen LogP contribution is -2.25. The Morgan fingerprint density at radius 2 is 1.94 bits per heavy atom. The van der Waals surface area contributed by atoms with Crippen molar-refractivity contribution in [1.29, 1.82) is 0 Å². The molecule has 1 aromatic carbocycles. The standard InChI is InChI=1S/C16H26N2/c1-3-10-18(11-4-2)13-14-7-8-16-15(12-14)6-5-9-17-16/h7-8,12,17H,3-6,9-11,13H2,1-2H3. The van der Waals surface area contributed by atoms with Crippen LogP contribution in [0.2, 0.25) is 0 Å². The van der Waals surface area contributed by atoms with Crippen LogP contribution in [0, 0.1) is 0 Å². The minimum absolute atomic E-state index is 1.11. The Hall–Kier alpha value is -1.02. The van der Waals surface area contributed by atoms with Crippen molar-refractivity contribution in [3.8, 4) is 0 Å². The highest BCUT2D eigenvalue weighted by molar-refractivity contribution is 5.54. The molecular weight excluding hydrogens is 220 g/mol. The Kier molecular flexibility index (Phi) is 5.06. The van der Waals surface area contributed by atoms with Gasteiger partial charge >= 0.3 is 0 Å². The van der Waals surface area contributed by atoms with Crippen molar-refractivity contribution in [2.45, 2.75) is 46.1 Å². The molecule has 0 amide bonds. The van der Waals surface area contributed by atoms with E-state index in [1.807, 2.05) is 0 Å². The Labute approximate surface area is 111 Å². The van der Waals surface area contributed by atoms with Crippen LogP contribution in [0.25, 0.3) is 0 Å². The summed E-state index contributed by atoms with van der Waals surface area (Å²) >= 11 is 0. The average molecular weight is 246 g/mol. The van der Waals surface area contributed by atoms with Crippen LogP contribution in [0.1, 0.15) is 44.2 Å². The van der Waals surface area contributed by atoms with Gasteiger partial charge in [0, 0.05) is 18.8 Å². The summed E-state index contributed by atoms with van der Waals surface area (Å²) in [7, 11) is 0. The van der Waals surface area contributed by atoms with Gasteiger partial charge in [0.25, 0.3) is 0 Å². The summed E-state index contributed by atoms with van der Waals surface area (Å²) in [5.74, 6) is 0. The molecule has 1 aliphatic heterocycles. The van der Waals surface area contributed by atoms with E-state index in [0.717, 1.165) is 13.1 Å². The number of hydrogen-bond acceptors (Lipinski definition) is 2. The van der Waals surface area contributed by atoms with Gasteiger partial charge in [-0.2, -0.15) is 0 Å². The van der Waals surface area contributed by atoms with Crippen molar-refractivity contribution in [2.24, 2.45) is 0 Å². The first-order chi connectivity index (χ1) is 8.83. The monoisotopic (exact) mass is 246 g/mol. The van der Waals surface area contributed by atoms with Gasteiger partial charge in [0.2, 0.25) is 0 Å². The average Bonchev–Trinajstić information content (AvgIpc) is 2.39. The molecule has 1 heterocycles. The van der Waals surface area contributed by atoms with Gasteiger partial charge in [0.15, 0.2) is 0 Å². The molecule has 2 nitrogen and oxygen atoms in total.